The molecule has 5 N–H and O–H groups in total. The van der Waals surface area contributed by atoms with Gasteiger partial charge in [-0.15, -0.1) is 0 Å². The van der Waals surface area contributed by atoms with Gasteiger partial charge in [-0.1, -0.05) is 0 Å². The highest BCUT2D eigenvalue weighted by atomic mass is 16.4. The second-order valence-electron chi connectivity index (χ2n) is 5.35. The summed E-state index contributed by atoms with van der Waals surface area (Å²) in [5, 5.41) is 13.4. The third-order valence-corrected chi connectivity index (χ3v) is 3.93. The fraction of sp³-hybridized carbons (Fsp3) is 0.667. The molecule has 0 aromatic rings. The number of likely N-dealkylation sites (tertiary alicyclic amines) is 1. The lowest BCUT2D eigenvalue weighted by molar-refractivity contribution is -0.139. The van der Waals surface area contributed by atoms with Crippen LogP contribution in [0, 0.1) is 0 Å². The third kappa shape index (κ3) is 3.13. The second kappa shape index (κ2) is 5.68. The normalized spacial score (nSPS) is 21.9. The lowest BCUT2D eigenvalue weighted by Gasteiger charge is -2.37. The van der Waals surface area contributed by atoms with Crippen molar-refractivity contribution in [3.63, 3.8) is 0 Å². The maximum atomic E-state index is 12.1. The van der Waals surface area contributed by atoms with E-state index < -0.39 is 23.6 Å². The molecule has 0 saturated carbocycles. The van der Waals surface area contributed by atoms with Crippen LogP contribution in [0.5, 0.6) is 0 Å². The molecule has 21 heavy (non-hydrogen) atoms. The van der Waals surface area contributed by atoms with Gasteiger partial charge in [0.2, 0.25) is 5.91 Å². The highest BCUT2D eigenvalue weighted by Crippen LogP contribution is 2.25. The van der Waals surface area contributed by atoms with Gasteiger partial charge in [-0.2, -0.15) is 0 Å². The van der Waals surface area contributed by atoms with E-state index in [1.165, 1.54) is 4.90 Å². The molecular formula is C12H18N4O5. The molecule has 2 saturated heterocycles. The Labute approximate surface area is 120 Å². The smallest absolute Gasteiger partial charge is 0.322 e. The quantitative estimate of drug-likeness (QED) is 0.459. The predicted molar refractivity (Wildman–Crippen MR) is 70.1 cm³/mol. The summed E-state index contributed by atoms with van der Waals surface area (Å²) in [4.78, 5) is 47.0. The molecule has 1 atom stereocenters. The Bertz CT molecular complexity index is 484. The lowest BCUT2D eigenvalue weighted by Crippen LogP contribution is -2.57. The number of rotatable bonds is 4. The number of carboxylic acid groups (broad SMARTS) is 1. The summed E-state index contributed by atoms with van der Waals surface area (Å²) < 4.78 is 0. The molecule has 1 spiro atoms. The zero-order valence-electron chi connectivity index (χ0n) is 11.4. The van der Waals surface area contributed by atoms with E-state index in [-0.39, 0.29) is 24.7 Å². The van der Waals surface area contributed by atoms with Crippen molar-refractivity contribution in [2.24, 2.45) is 5.73 Å². The molecule has 2 fully saturated rings. The highest BCUT2D eigenvalue weighted by Gasteiger charge is 2.48. The summed E-state index contributed by atoms with van der Waals surface area (Å²) in [5.41, 5.74) is 4.76. The molecule has 2 rings (SSSR count). The molecule has 0 aliphatic carbocycles. The fourth-order valence-electron chi connectivity index (χ4n) is 2.63. The minimum atomic E-state index is -0.999. The Hall–Kier alpha value is -2.16. The van der Waals surface area contributed by atoms with E-state index in [1.54, 1.807) is 0 Å². The van der Waals surface area contributed by atoms with Gasteiger partial charge >= 0.3 is 12.0 Å². The van der Waals surface area contributed by atoms with Crippen molar-refractivity contribution < 1.29 is 24.3 Å². The number of imide groups is 1. The van der Waals surface area contributed by atoms with Gasteiger partial charge in [-0.3, -0.25) is 19.7 Å². The van der Waals surface area contributed by atoms with Gasteiger partial charge in [-0.05, 0) is 19.3 Å². The van der Waals surface area contributed by atoms with Crippen molar-refractivity contribution in [3.8, 4) is 0 Å². The largest absolute Gasteiger partial charge is 0.481 e. The van der Waals surface area contributed by atoms with Crippen molar-refractivity contribution >= 4 is 23.8 Å². The average molecular weight is 298 g/mol. The topological polar surface area (TPSA) is 142 Å². The van der Waals surface area contributed by atoms with E-state index in [0.29, 0.717) is 25.9 Å². The molecule has 2 aliphatic heterocycles. The summed E-state index contributed by atoms with van der Waals surface area (Å²) in [6.45, 7) is 0.598. The predicted octanol–water partition coefficient (Wildman–Crippen LogP) is -1.62. The first-order valence-electron chi connectivity index (χ1n) is 6.74. The Morgan fingerprint density at radius 2 is 1.95 bits per heavy atom. The molecule has 9 nitrogen and oxygen atoms in total. The molecular weight excluding hydrogens is 280 g/mol. The van der Waals surface area contributed by atoms with Gasteiger partial charge in [0.1, 0.15) is 5.54 Å². The summed E-state index contributed by atoms with van der Waals surface area (Å²) in [7, 11) is 0. The van der Waals surface area contributed by atoms with E-state index in [0.717, 1.165) is 0 Å². The molecule has 0 radical (unpaired) electrons. The van der Waals surface area contributed by atoms with Gasteiger partial charge in [0.25, 0.3) is 5.91 Å². The Morgan fingerprint density at radius 3 is 2.43 bits per heavy atom. The molecule has 1 unspecified atom stereocenters. The minimum Gasteiger partial charge on any atom is -0.481 e. The van der Waals surface area contributed by atoms with E-state index in [2.05, 4.69) is 10.6 Å². The molecule has 0 bridgehead atoms. The first-order valence-corrected chi connectivity index (χ1v) is 6.74. The van der Waals surface area contributed by atoms with Crippen LogP contribution >= 0.6 is 0 Å². The number of carbonyl (C=O) groups is 4. The number of hydrogen-bond donors (Lipinski definition) is 4. The number of nitrogens with two attached hydrogens (primary N) is 1. The van der Waals surface area contributed by atoms with E-state index in [4.69, 9.17) is 10.8 Å². The van der Waals surface area contributed by atoms with Crippen molar-refractivity contribution in [3.05, 3.63) is 0 Å². The molecule has 2 aliphatic rings. The van der Waals surface area contributed by atoms with Crippen LogP contribution in [-0.2, 0) is 14.4 Å². The van der Waals surface area contributed by atoms with Crippen LogP contribution in [-0.4, -0.2) is 58.5 Å². The first-order chi connectivity index (χ1) is 9.84. The number of carbonyl (C=O) groups excluding carboxylic acids is 3. The zero-order chi connectivity index (χ0) is 15.6. The molecule has 9 heteroatoms. The average Bonchev–Trinajstić information content (AvgIpc) is 2.70. The summed E-state index contributed by atoms with van der Waals surface area (Å²) in [6, 6.07) is -1.37. The van der Waals surface area contributed by atoms with Gasteiger partial charge < -0.3 is 21.1 Å². The van der Waals surface area contributed by atoms with Crippen LogP contribution in [0.15, 0.2) is 0 Å². The monoisotopic (exact) mass is 298 g/mol. The van der Waals surface area contributed by atoms with E-state index >= 15 is 0 Å². The Balaban J connectivity index is 1.89. The van der Waals surface area contributed by atoms with Crippen LogP contribution in [0.3, 0.4) is 0 Å². The molecule has 4 amide bonds. The molecule has 0 aromatic carbocycles. The molecule has 2 heterocycles. The van der Waals surface area contributed by atoms with Gasteiger partial charge in [0.15, 0.2) is 0 Å². The lowest BCUT2D eigenvalue weighted by atomic mass is 9.87. The zero-order valence-corrected chi connectivity index (χ0v) is 11.4. The number of carboxylic acids is 1. The SMILES string of the molecule is NC(CCC(=O)O)C(=O)N1CCC2(CC1)NC(=O)NC2=O. The summed E-state index contributed by atoms with van der Waals surface area (Å²) >= 11 is 0. The number of hydrogen-bond acceptors (Lipinski definition) is 5. The van der Waals surface area contributed by atoms with E-state index in [9.17, 15) is 19.2 Å². The number of urea groups is 1. The van der Waals surface area contributed by atoms with Crippen molar-refractivity contribution in [2.45, 2.75) is 37.3 Å². The molecule has 0 aromatic heterocycles. The van der Waals surface area contributed by atoms with Crippen LogP contribution in [0.25, 0.3) is 0 Å². The number of nitrogens with zero attached hydrogens (tertiary/aromatic N) is 1. The Morgan fingerprint density at radius 1 is 1.33 bits per heavy atom. The van der Waals surface area contributed by atoms with Crippen molar-refractivity contribution in [2.75, 3.05) is 13.1 Å². The Kier molecular flexibility index (Phi) is 4.12. The summed E-state index contributed by atoms with van der Waals surface area (Å²) in [5.74, 6) is -1.69. The maximum absolute atomic E-state index is 12.1. The number of amides is 4. The van der Waals surface area contributed by atoms with Gasteiger partial charge in [0.05, 0.1) is 6.04 Å². The number of piperidine rings is 1. The number of nitrogens with one attached hydrogen (secondary N) is 2. The maximum Gasteiger partial charge on any atom is 0.322 e. The van der Waals surface area contributed by atoms with Crippen LogP contribution in [0.1, 0.15) is 25.7 Å². The van der Waals surface area contributed by atoms with Gasteiger partial charge in [-0.25, -0.2) is 4.79 Å². The van der Waals surface area contributed by atoms with Crippen LogP contribution in [0.4, 0.5) is 4.79 Å². The third-order valence-electron chi connectivity index (χ3n) is 3.93. The minimum absolute atomic E-state index is 0.0764. The van der Waals surface area contributed by atoms with E-state index in [1.807, 2.05) is 0 Å². The van der Waals surface area contributed by atoms with Gasteiger partial charge in [0, 0.05) is 19.5 Å². The van der Waals surface area contributed by atoms with Crippen molar-refractivity contribution in [1.29, 1.82) is 0 Å². The van der Waals surface area contributed by atoms with Crippen LogP contribution in [0.2, 0.25) is 0 Å². The molecule has 116 valence electrons. The van der Waals surface area contributed by atoms with Crippen LogP contribution < -0.4 is 16.4 Å². The van der Waals surface area contributed by atoms with Crippen molar-refractivity contribution in [1.82, 2.24) is 15.5 Å². The fourth-order valence-corrected chi connectivity index (χ4v) is 2.63. The summed E-state index contributed by atoms with van der Waals surface area (Å²) in [6.07, 6.45) is 0.556. The second-order valence-corrected chi connectivity index (χ2v) is 5.35. The highest BCUT2D eigenvalue weighted by molar-refractivity contribution is 6.07. The first kappa shape index (κ1) is 15.2. The standard InChI is InChI=1S/C12H18N4O5/c13-7(1-2-8(17)18)9(19)16-5-3-12(4-6-16)10(20)14-11(21)15-12/h7H,1-6,13H2,(H,17,18)(H2,14,15,20,21). The number of aliphatic carboxylic acids is 1.